The van der Waals surface area contributed by atoms with Gasteiger partial charge in [0.05, 0.1) is 19.8 Å². The van der Waals surface area contributed by atoms with Gasteiger partial charge in [-0.1, -0.05) is 71.9 Å². The van der Waals surface area contributed by atoms with Crippen molar-refractivity contribution in [3.63, 3.8) is 0 Å². The van der Waals surface area contributed by atoms with Gasteiger partial charge in [0.1, 0.15) is 48.8 Å². The van der Waals surface area contributed by atoms with Gasteiger partial charge < -0.3 is 59.4 Å². The molecule has 2 saturated heterocycles. The summed E-state index contributed by atoms with van der Waals surface area (Å²) < 4.78 is 26.2. The fourth-order valence-corrected chi connectivity index (χ4v) is 4.34. The lowest BCUT2D eigenvalue weighted by atomic mass is 9.98. The van der Waals surface area contributed by atoms with Crippen LogP contribution in [0.3, 0.4) is 0 Å². The number of allylic oxidation sites excluding steroid dienone is 12. The molecule has 0 radical (unpaired) electrons. The zero-order chi connectivity index (χ0) is 36.0. The van der Waals surface area contributed by atoms with Gasteiger partial charge in [0.2, 0.25) is 6.29 Å². The van der Waals surface area contributed by atoms with Crippen molar-refractivity contribution in [1.82, 2.24) is 0 Å². The van der Waals surface area contributed by atoms with Gasteiger partial charge in [-0.3, -0.25) is 0 Å². The molecule has 0 aromatic carbocycles. The highest BCUT2D eigenvalue weighted by Crippen LogP contribution is 2.26. The molecule has 7 N–H and O–H groups in total. The van der Waals surface area contributed by atoms with Crippen molar-refractivity contribution < 1.29 is 69.0 Å². The van der Waals surface area contributed by atoms with Gasteiger partial charge in [-0.05, 0) is 34.6 Å². The zero-order valence-corrected chi connectivity index (χ0v) is 27.7. The van der Waals surface area contributed by atoms with E-state index in [9.17, 15) is 45.3 Å². The van der Waals surface area contributed by atoms with E-state index in [2.05, 4.69) is 0 Å². The Hall–Kier alpha value is -3.28. The third-order valence-corrected chi connectivity index (χ3v) is 7.32. The second-order valence-electron chi connectivity index (χ2n) is 11.3. The van der Waals surface area contributed by atoms with Gasteiger partial charge in [0, 0.05) is 11.1 Å². The molecule has 14 nitrogen and oxygen atoms in total. The molecule has 48 heavy (non-hydrogen) atoms. The minimum Gasteiger partial charge on any atom is -0.463 e. The molecule has 2 aliphatic heterocycles. The molecule has 0 spiro atoms. The summed E-state index contributed by atoms with van der Waals surface area (Å²) in [5.74, 6) is -1.23. The first-order valence-electron chi connectivity index (χ1n) is 15.4. The summed E-state index contributed by atoms with van der Waals surface area (Å²) in [6.45, 7) is 7.75. The van der Waals surface area contributed by atoms with Crippen molar-refractivity contribution in [2.45, 2.75) is 96.0 Å². The second kappa shape index (κ2) is 20.3. The van der Waals surface area contributed by atoms with Crippen molar-refractivity contribution in [3.8, 4) is 0 Å². The molecule has 14 heteroatoms. The van der Waals surface area contributed by atoms with Gasteiger partial charge in [0.25, 0.3) is 0 Å². The van der Waals surface area contributed by atoms with E-state index in [-0.39, 0.29) is 11.5 Å². The lowest BCUT2D eigenvalue weighted by Crippen LogP contribution is -2.61. The van der Waals surface area contributed by atoms with E-state index in [0.717, 1.165) is 11.1 Å². The average molecular weight is 681 g/mol. The van der Waals surface area contributed by atoms with Gasteiger partial charge in [-0.15, -0.1) is 0 Å². The van der Waals surface area contributed by atoms with E-state index in [1.54, 1.807) is 38.2 Å². The van der Waals surface area contributed by atoms with Gasteiger partial charge in [0.15, 0.2) is 6.29 Å². The van der Waals surface area contributed by atoms with Crippen LogP contribution in [0.15, 0.2) is 83.1 Å². The third-order valence-electron chi connectivity index (χ3n) is 7.32. The van der Waals surface area contributed by atoms with Gasteiger partial charge in [-0.25, -0.2) is 9.59 Å². The molecule has 2 aliphatic rings. The van der Waals surface area contributed by atoms with Crippen LogP contribution < -0.4 is 0 Å². The second-order valence-corrected chi connectivity index (χ2v) is 11.3. The Kier molecular flexibility index (Phi) is 17.3. The third kappa shape index (κ3) is 12.3. The van der Waals surface area contributed by atoms with E-state index < -0.39 is 80.6 Å². The van der Waals surface area contributed by atoms with Gasteiger partial charge in [-0.2, -0.15) is 0 Å². The van der Waals surface area contributed by atoms with Crippen LogP contribution in [0.1, 0.15) is 34.6 Å². The van der Waals surface area contributed by atoms with E-state index >= 15 is 0 Å². The number of hydrogen-bond acceptors (Lipinski definition) is 14. The Morgan fingerprint density at radius 1 is 0.625 bits per heavy atom. The Labute approximate surface area is 279 Å². The van der Waals surface area contributed by atoms with E-state index in [0.29, 0.717) is 12.2 Å². The number of aliphatic hydroxyl groups excluding tert-OH is 7. The molecule has 10 atom stereocenters. The van der Waals surface area contributed by atoms with Crippen LogP contribution in [0.2, 0.25) is 0 Å². The molecule has 10 unspecified atom stereocenters. The molecule has 0 amide bonds. The molecule has 0 aromatic rings. The van der Waals surface area contributed by atoms with Crippen molar-refractivity contribution >= 4 is 11.9 Å². The molecule has 2 fully saturated rings. The summed E-state index contributed by atoms with van der Waals surface area (Å²) in [5.41, 5.74) is 2.46. The predicted molar refractivity (Wildman–Crippen MR) is 172 cm³/mol. The highest BCUT2D eigenvalue weighted by Gasteiger charge is 2.48. The fraction of sp³-hybridized carbons (Fsp3) is 0.529. The summed E-state index contributed by atoms with van der Waals surface area (Å²) in [6.07, 6.45) is 1.44. The van der Waals surface area contributed by atoms with Crippen LogP contribution in [-0.2, 0) is 33.3 Å². The van der Waals surface area contributed by atoms with Crippen LogP contribution in [0.5, 0.6) is 0 Å². The Morgan fingerprint density at radius 2 is 1.10 bits per heavy atom. The van der Waals surface area contributed by atoms with E-state index in [1.807, 2.05) is 44.2 Å². The lowest BCUT2D eigenvalue weighted by molar-refractivity contribution is -0.326. The van der Waals surface area contributed by atoms with E-state index in [1.165, 1.54) is 13.0 Å². The fourth-order valence-electron chi connectivity index (χ4n) is 4.34. The highest BCUT2D eigenvalue weighted by atomic mass is 16.7. The summed E-state index contributed by atoms with van der Waals surface area (Å²) >= 11 is 0. The molecule has 2 heterocycles. The molecular formula is C34H48O14. The van der Waals surface area contributed by atoms with Crippen molar-refractivity contribution in [1.29, 1.82) is 0 Å². The monoisotopic (exact) mass is 680 g/mol. The number of aliphatic hydroxyl groups is 7. The first-order chi connectivity index (χ1) is 22.7. The number of rotatable bonds is 14. The molecule has 0 aromatic heterocycles. The average Bonchev–Trinajstić information content (AvgIpc) is 3.05. The molecule has 0 bridgehead atoms. The van der Waals surface area contributed by atoms with Crippen LogP contribution in [0.25, 0.3) is 0 Å². The Bertz CT molecular complexity index is 1280. The maximum atomic E-state index is 12.7. The minimum absolute atomic E-state index is 0.137. The van der Waals surface area contributed by atoms with Crippen LogP contribution in [0, 0.1) is 0 Å². The van der Waals surface area contributed by atoms with Crippen molar-refractivity contribution in [3.05, 3.63) is 83.1 Å². The minimum atomic E-state index is -1.80. The number of carbonyl (C=O) groups is 2. The summed E-state index contributed by atoms with van der Waals surface area (Å²) in [7, 11) is 0. The molecule has 268 valence electrons. The topological polar surface area (TPSA) is 222 Å². The Balaban J connectivity index is 1.93. The smallest absolute Gasteiger partial charge is 0.336 e. The standard InChI is InChI=1S/C34H48O14/c1-6-44-31(42)21(4)15-9-13-19(2)11-7-8-12-20(3)14-10-16-22(5)32(43)48-34-30(41)28(39)26(37)24(47-34)18-45-33-29(40)27(38)25(36)23(17-35)46-33/h7-16,23-30,33-41H,6,17-18H2,1-5H3/b8-7+,13-9+,14-10+,19-11+,20-12+,21-15+,22-16+. The van der Waals surface area contributed by atoms with Crippen LogP contribution >= 0.6 is 0 Å². The number of hydrogen-bond donors (Lipinski definition) is 7. The highest BCUT2D eigenvalue weighted by molar-refractivity contribution is 5.88. The number of esters is 2. The van der Waals surface area contributed by atoms with E-state index in [4.69, 9.17) is 23.7 Å². The maximum absolute atomic E-state index is 12.7. The maximum Gasteiger partial charge on any atom is 0.336 e. The van der Waals surface area contributed by atoms with Crippen LogP contribution in [0.4, 0.5) is 0 Å². The first kappa shape index (κ1) is 40.9. The predicted octanol–water partition coefficient (Wildman–Crippen LogP) is 0.171. The number of carbonyl (C=O) groups excluding carboxylic acids is 2. The van der Waals surface area contributed by atoms with Gasteiger partial charge >= 0.3 is 11.9 Å². The molecule has 0 saturated carbocycles. The van der Waals surface area contributed by atoms with Crippen molar-refractivity contribution in [2.75, 3.05) is 19.8 Å². The quantitative estimate of drug-likeness (QED) is 0.0739. The summed E-state index contributed by atoms with van der Waals surface area (Å²) in [6, 6.07) is 0. The first-order valence-corrected chi connectivity index (χ1v) is 15.4. The summed E-state index contributed by atoms with van der Waals surface area (Å²) in [5, 5.41) is 70.4. The molecular weight excluding hydrogens is 632 g/mol. The normalized spacial score (nSPS) is 32.8. The number of ether oxygens (including phenoxy) is 5. The SMILES string of the molecule is CCOC(=O)/C(C)=C/C=C/C(C)=C/C=C/C=C(C)/C=C/C=C(\C)C(=O)OC1OC(COC2OC(CO)C(O)C(O)C2O)C(O)C(O)C1O. The lowest BCUT2D eigenvalue weighted by Gasteiger charge is -2.42. The zero-order valence-electron chi connectivity index (χ0n) is 27.7. The largest absolute Gasteiger partial charge is 0.463 e. The molecule has 0 aliphatic carbocycles. The molecule has 2 rings (SSSR count). The summed E-state index contributed by atoms with van der Waals surface area (Å²) in [4.78, 5) is 24.3. The van der Waals surface area contributed by atoms with Crippen LogP contribution in [-0.4, -0.2) is 129 Å². The van der Waals surface area contributed by atoms with Crippen molar-refractivity contribution in [2.24, 2.45) is 0 Å². The Morgan fingerprint density at radius 3 is 1.62 bits per heavy atom.